The van der Waals surface area contributed by atoms with E-state index >= 15 is 0 Å². The maximum atomic E-state index is 12.5. The lowest BCUT2D eigenvalue weighted by molar-refractivity contribution is -0.137. The molecular weight excluding hydrogens is 287 g/mol. The van der Waals surface area contributed by atoms with E-state index in [-0.39, 0.29) is 17.9 Å². The first kappa shape index (κ1) is 17.3. The van der Waals surface area contributed by atoms with Crippen molar-refractivity contribution in [3.8, 4) is 0 Å². The number of nitrogens with two attached hydrogens (primary N) is 1. The third-order valence-electron chi connectivity index (χ3n) is 2.64. The molecule has 4 N–H and O–H groups in total. The summed E-state index contributed by atoms with van der Waals surface area (Å²) in [6, 6.07) is 2.74. The van der Waals surface area contributed by atoms with Crippen LogP contribution in [0.1, 0.15) is 12.5 Å². The lowest BCUT2D eigenvalue weighted by Gasteiger charge is -2.18. The third-order valence-corrected chi connectivity index (χ3v) is 2.64. The highest BCUT2D eigenvalue weighted by molar-refractivity contribution is 5.95. The van der Waals surface area contributed by atoms with Crippen molar-refractivity contribution in [2.24, 2.45) is 0 Å². The predicted molar refractivity (Wildman–Crippen MR) is 73.7 cm³/mol. The Balaban J connectivity index is 2.69. The number of nitrogen functional groups attached to an aromatic ring is 1. The van der Waals surface area contributed by atoms with E-state index in [9.17, 15) is 23.1 Å². The fourth-order valence-corrected chi connectivity index (χ4v) is 1.80. The van der Waals surface area contributed by atoms with Crippen molar-refractivity contribution in [2.75, 3.05) is 31.2 Å². The number of carbonyl (C=O) groups excluding carboxylic acids is 1. The van der Waals surface area contributed by atoms with E-state index in [1.807, 2.05) is 0 Å². The highest BCUT2D eigenvalue weighted by Crippen LogP contribution is 2.32. The summed E-state index contributed by atoms with van der Waals surface area (Å²) in [5.74, 6) is -0.426. The minimum atomic E-state index is -4.48. The van der Waals surface area contributed by atoms with E-state index in [4.69, 9.17) is 5.73 Å². The van der Waals surface area contributed by atoms with E-state index in [1.165, 1.54) is 0 Å². The standard InChI is InChI=1S/C13H18F3N3O2/c1-8(20)6-19(2)7-12(21)18-11-4-3-9(5-10(11)17)13(14,15)16/h3-5,8,20H,6-7,17H2,1-2H3,(H,18,21). The normalized spacial score (nSPS) is 13.3. The Hall–Kier alpha value is -1.80. The number of carbonyl (C=O) groups is 1. The molecule has 0 saturated carbocycles. The molecule has 0 fully saturated rings. The van der Waals surface area contributed by atoms with Gasteiger partial charge in [0.25, 0.3) is 0 Å². The molecule has 0 heterocycles. The Labute approximate surface area is 120 Å². The van der Waals surface area contributed by atoms with E-state index < -0.39 is 23.8 Å². The Morgan fingerprint density at radius 2 is 2.10 bits per heavy atom. The van der Waals surface area contributed by atoms with Crippen LogP contribution in [0.3, 0.4) is 0 Å². The summed E-state index contributed by atoms with van der Waals surface area (Å²) >= 11 is 0. The minimum Gasteiger partial charge on any atom is -0.397 e. The molecule has 0 aliphatic rings. The molecule has 0 radical (unpaired) electrons. The van der Waals surface area contributed by atoms with Crippen LogP contribution < -0.4 is 11.1 Å². The number of nitrogens with one attached hydrogen (secondary N) is 1. The molecule has 1 unspecified atom stereocenters. The van der Waals surface area contributed by atoms with Gasteiger partial charge in [-0.05, 0) is 32.2 Å². The first-order chi connectivity index (χ1) is 9.59. The number of rotatable bonds is 5. The van der Waals surface area contributed by atoms with Gasteiger partial charge in [-0.1, -0.05) is 0 Å². The van der Waals surface area contributed by atoms with E-state index in [2.05, 4.69) is 5.32 Å². The van der Waals surface area contributed by atoms with Crippen LogP contribution in [-0.4, -0.2) is 42.2 Å². The molecule has 5 nitrogen and oxygen atoms in total. The molecule has 0 aliphatic heterocycles. The lowest BCUT2D eigenvalue weighted by Crippen LogP contribution is -2.34. The molecule has 8 heteroatoms. The van der Waals surface area contributed by atoms with Crippen LogP contribution in [0.2, 0.25) is 0 Å². The van der Waals surface area contributed by atoms with E-state index in [1.54, 1.807) is 18.9 Å². The molecule has 0 saturated heterocycles. The molecule has 0 spiro atoms. The monoisotopic (exact) mass is 305 g/mol. The molecule has 1 aromatic carbocycles. The zero-order valence-electron chi connectivity index (χ0n) is 11.7. The number of aliphatic hydroxyl groups is 1. The second-order valence-electron chi connectivity index (χ2n) is 4.89. The number of benzene rings is 1. The summed E-state index contributed by atoms with van der Waals surface area (Å²) in [7, 11) is 1.64. The number of hydrogen-bond acceptors (Lipinski definition) is 4. The number of alkyl halides is 3. The quantitative estimate of drug-likeness (QED) is 0.721. The minimum absolute atomic E-state index is 0.00857. The van der Waals surface area contributed by atoms with Crippen LogP contribution in [0.5, 0.6) is 0 Å². The van der Waals surface area contributed by atoms with Gasteiger partial charge in [-0.2, -0.15) is 13.2 Å². The van der Waals surface area contributed by atoms with Crippen molar-refractivity contribution in [3.05, 3.63) is 23.8 Å². The first-order valence-corrected chi connectivity index (χ1v) is 6.22. The van der Waals surface area contributed by atoms with Crippen LogP contribution >= 0.6 is 0 Å². The van der Waals surface area contributed by atoms with Crippen LogP contribution in [0.4, 0.5) is 24.5 Å². The van der Waals surface area contributed by atoms with Gasteiger partial charge < -0.3 is 16.2 Å². The van der Waals surface area contributed by atoms with E-state index in [0.717, 1.165) is 18.2 Å². The van der Waals surface area contributed by atoms with Crippen LogP contribution in [-0.2, 0) is 11.0 Å². The van der Waals surface area contributed by atoms with Crippen LogP contribution in [0.15, 0.2) is 18.2 Å². The third kappa shape index (κ3) is 5.60. The SMILES string of the molecule is CC(O)CN(C)CC(=O)Nc1ccc(C(F)(F)F)cc1N. The van der Waals surface area contributed by atoms with Crippen molar-refractivity contribution < 1.29 is 23.1 Å². The number of aliphatic hydroxyl groups excluding tert-OH is 1. The molecule has 21 heavy (non-hydrogen) atoms. The largest absolute Gasteiger partial charge is 0.416 e. The fourth-order valence-electron chi connectivity index (χ4n) is 1.80. The van der Waals surface area contributed by atoms with Gasteiger partial charge in [0.1, 0.15) is 0 Å². The fraction of sp³-hybridized carbons (Fsp3) is 0.462. The lowest BCUT2D eigenvalue weighted by atomic mass is 10.1. The molecule has 0 bridgehead atoms. The number of halogens is 3. The number of anilines is 2. The summed E-state index contributed by atoms with van der Waals surface area (Å²) in [5, 5.41) is 11.6. The van der Waals surface area contributed by atoms with Gasteiger partial charge in [0.2, 0.25) is 5.91 Å². The molecule has 118 valence electrons. The Morgan fingerprint density at radius 3 is 2.57 bits per heavy atom. The van der Waals surface area contributed by atoms with Crippen molar-refractivity contribution in [1.82, 2.24) is 4.90 Å². The maximum Gasteiger partial charge on any atom is 0.416 e. The zero-order valence-corrected chi connectivity index (χ0v) is 11.7. The van der Waals surface area contributed by atoms with Crippen molar-refractivity contribution in [1.29, 1.82) is 0 Å². The zero-order chi connectivity index (χ0) is 16.2. The number of likely N-dealkylation sites (N-methyl/N-ethyl adjacent to an activating group) is 1. The number of amides is 1. The maximum absolute atomic E-state index is 12.5. The van der Waals surface area contributed by atoms with Crippen LogP contribution in [0, 0.1) is 0 Å². The summed E-state index contributed by atoms with van der Waals surface area (Å²) in [6.45, 7) is 1.88. The average Bonchev–Trinajstić information content (AvgIpc) is 2.28. The van der Waals surface area contributed by atoms with E-state index in [0.29, 0.717) is 6.54 Å². The Bertz CT molecular complexity index is 504. The summed E-state index contributed by atoms with van der Waals surface area (Å²) in [4.78, 5) is 13.3. The van der Waals surface area contributed by atoms with Gasteiger partial charge in [-0.25, -0.2) is 0 Å². The molecule has 1 amide bonds. The molecule has 0 aliphatic carbocycles. The average molecular weight is 305 g/mol. The second kappa shape index (κ2) is 6.77. The van der Waals surface area contributed by atoms with Crippen molar-refractivity contribution in [3.63, 3.8) is 0 Å². The molecule has 1 aromatic rings. The Morgan fingerprint density at radius 1 is 1.48 bits per heavy atom. The predicted octanol–water partition coefficient (Wildman–Crippen LogP) is 1.54. The number of hydrogen-bond donors (Lipinski definition) is 3. The highest BCUT2D eigenvalue weighted by atomic mass is 19.4. The van der Waals surface area contributed by atoms with Crippen molar-refractivity contribution in [2.45, 2.75) is 19.2 Å². The molecule has 1 rings (SSSR count). The second-order valence-corrected chi connectivity index (χ2v) is 4.89. The van der Waals surface area contributed by atoms with Crippen molar-refractivity contribution >= 4 is 17.3 Å². The van der Waals surface area contributed by atoms with Gasteiger partial charge in [0.05, 0.1) is 29.6 Å². The van der Waals surface area contributed by atoms with Crippen LogP contribution in [0.25, 0.3) is 0 Å². The summed E-state index contributed by atoms with van der Waals surface area (Å²) in [5.41, 5.74) is 4.61. The van der Waals surface area contributed by atoms with Gasteiger partial charge in [0.15, 0.2) is 0 Å². The van der Waals surface area contributed by atoms with Gasteiger partial charge in [0, 0.05) is 6.54 Å². The summed E-state index contributed by atoms with van der Waals surface area (Å²) in [6.07, 6.45) is -5.06. The molecule has 1 atom stereocenters. The van der Waals surface area contributed by atoms with Gasteiger partial charge in [-0.15, -0.1) is 0 Å². The molecular formula is C13H18F3N3O2. The van der Waals surface area contributed by atoms with Gasteiger partial charge in [-0.3, -0.25) is 9.69 Å². The molecule has 0 aromatic heterocycles. The Kier molecular flexibility index (Phi) is 5.56. The van der Waals surface area contributed by atoms with Gasteiger partial charge >= 0.3 is 6.18 Å². The topological polar surface area (TPSA) is 78.6 Å². The summed E-state index contributed by atoms with van der Waals surface area (Å²) < 4.78 is 37.4. The first-order valence-electron chi connectivity index (χ1n) is 6.22. The highest BCUT2D eigenvalue weighted by Gasteiger charge is 2.30. The number of nitrogens with zero attached hydrogens (tertiary/aromatic N) is 1. The smallest absolute Gasteiger partial charge is 0.397 e.